The molecular weight excluding hydrogens is 623 g/mol. The van der Waals surface area contributed by atoms with Crippen LogP contribution in [-0.2, 0) is 61.3 Å². The standard InChI is InChI=1S/4H2O.3Re/h4*1H2;;;. The summed E-state index contributed by atoms with van der Waals surface area (Å²) in [5.74, 6) is 0. The van der Waals surface area contributed by atoms with Gasteiger partial charge in [0.1, 0.15) is 0 Å². The molecule has 8 N–H and O–H groups in total. The summed E-state index contributed by atoms with van der Waals surface area (Å²) in [6.45, 7) is 0. The van der Waals surface area contributed by atoms with Gasteiger partial charge in [0.2, 0.25) is 0 Å². The largest absolute Gasteiger partial charge is 0.412 e. The fourth-order valence-electron chi connectivity index (χ4n) is 0. The summed E-state index contributed by atoms with van der Waals surface area (Å²) in [4.78, 5) is 0. The van der Waals surface area contributed by atoms with Crippen molar-refractivity contribution < 1.29 is 83.2 Å². The molecule has 7 heteroatoms. The normalized spacial score (nSPS) is 0. The van der Waals surface area contributed by atoms with Crippen LogP contribution in [0.5, 0.6) is 0 Å². The molecule has 3 radical (unpaired) electrons. The summed E-state index contributed by atoms with van der Waals surface area (Å²) >= 11 is 0. The Kier molecular flexibility index (Phi) is 2530. The third kappa shape index (κ3) is 79.6. The summed E-state index contributed by atoms with van der Waals surface area (Å²) in [7, 11) is 0. The zero-order valence-corrected chi connectivity index (χ0v) is 11.3. The van der Waals surface area contributed by atoms with Crippen LogP contribution in [0.25, 0.3) is 0 Å². The van der Waals surface area contributed by atoms with Gasteiger partial charge in [-0.2, -0.15) is 0 Å². The first-order valence-corrected chi connectivity index (χ1v) is 0. The van der Waals surface area contributed by atoms with Crippen LogP contribution < -0.4 is 0 Å². The van der Waals surface area contributed by atoms with Crippen molar-refractivity contribution in [3.8, 4) is 0 Å². The molecule has 53 valence electrons. The van der Waals surface area contributed by atoms with E-state index in [0.29, 0.717) is 0 Å². The molecule has 0 saturated heterocycles. The van der Waals surface area contributed by atoms with E-state index in [2.05, 4.69) is 0 Å². The molecule has 0 aromatic rings. The van der Waals surface area contributed by atoms with Crippen molar-refractivity contribution in [1.29, 1.82) is 0 Å². The van der Waals surface area contributed by atoms with E-state index in [4.69, 9.17) is 0 Å². The van der Waals surface area contributed by atoms with Crippen LogP contribution in [0.1, 0.15) is 0 Å². The third-order valence-electron chi connectivity index (χ3n) is 0. The monoisotopic (exact) mass is 633 g/mol. The Bertz CT molecular complexity index is 6.90. The van der Waals surface area contributed by atoms with E-state index in [-0.39, 0.29) is 83.2 Å². The Morgan fingerprint density at radius 3 is 0.286 bits per heavy atom. The van der Waals surface area contributed by atoms with E-state index >= 15 is 0 Å². The van der Waals surface area contributed by atoms with Crippen LogP contribution in [0.15, 0.2) is 0 Å². The Morgan fingerprint density at radius 2 is 0.286 bits per heavy atom. The van der Waals surface area contributed by atoms with Crippen LogP contribution in [0.4, 0.5) is 0 Å². The van der Waals surface area contributed by atoms with Gasteiger partial charge in [0.15, 0.2) is 0 Å². The van der Waals surface area contributed by atoms with Crippen LogP contribution in [0, 0.1) is 0 Å². The van der Waals surface area contributed by atoms with E-state index in [1.807, 2.05) is 0 Å². The van der Waals surface area contributed by atoms with Crippen molar-refractivity contribution in [3.05, 3.63) is 0 Å². The van der Waals surface area contributed by atoms with E-state index in [1.165, 1.54) is 0 Å². The molecule has 0 unspecified atom stereocenters. The van der Waals surface area contributed by atoms with E-state index in [9.17, 15) is 0 Å². The minimum Gasteiger partial charge on any atom is -0.412 e. The molecule has 0 aromatic carbocycles. The average Bonchev–Trinajstić information content (AvgIpc) is 0. The van der Waals surface area contributed by atoms with Crippen LogP contribution in [-0.4, -0.2) is 21.9 Å². The molecule has 0 rings (SSSR count). The molecule has 0 bridgehead atoms. The van der Waals surface area contributed by atoms with Crippen molar-refractivity contribution in [2.24, 2.45) is 0 Å². The minimum atomic E-state index is 0. The smallest absolute Gasteiger partial charge is 0 e. The molecule has 0 heterocycles. The quantitative estimate of drug-likeness (QED) is 0.266. The van der Waals surface area contributed by atoms with Gasteiger partial charge in [-0.05, 0) is 0 Å². The summed E-state index contributed by atoms with van der Waals surface area (Å²) in [6.07, 6.45) is 0. The number of rotatable bonds is 0. The Balaban J connectivity index is 0. The molecule has 0 aliphatic heterocycles. The van der Waals surface area contributed by atoms with Crippen LogP contribution in [0.3, 0.4) is 0 Å². The predicted octanol–water partition coefficient (Wildman–Crippen LogP) is -3.31. The predicted molar refractivity (Wildman–Crippen MR) is 14.5 cm³/mol. The zero-order valence-electron chi connectivity index (χ0n) is 3.13. The average molecular weight is 631 g/mol. The van der Waals surface area contributed by atoms with Gasteiger partial charge >= 0.3 is 0 Å². The minimum absolute atomic E-state index is 0. The molecule has 0 aliphatic carbocycles. The fourth-order valence-corrected chi connectivity index (χ4v) is 0. The van der Waals surface area contributed by atoms with Crippen molar-refractivity contribution >= 4 is 0 Å². The van der Waals surface area contributed by atoms with Gasteiger partial charge in [0.05, 0.1) is 0 Å². The zero-order chi connectivity index (χ0) is 0. The van der Waals surface area contributed by atoms with Crippen molar-refractivity contribution in [3.63, 3.8) is 0 Å². The van der Waals surface area contributed by atoms with Crippen molar-refractivity contribution in [2.45, 2.75) is 0 Å². The van der Waals surface area contributed by atoms with Crippen molar-refractivity contribution in [1.82, 2.24) is 0 Å². The molecule has 0 aromatic heterocycles. The summed E-state index contributed by atoms with van der Waals surface area (Å²) < 4.78 is 0. The maximum atomic E-state index is 0. The third-order valence-corrected chi connectivity index (χ3v) is 0. The second-order valence-corrected chi connectivity index (χ2v) is 0. The van der Waals surface area contributed by atoms with Gasteiger partial charge in [-0.25, -0.2) is 0 Å². The van der Waals surface area contributed by atoms with E-state index in [0.717, 1.165) is 0 Å². The van der Waals surface area contributed by atoms with Crippen LogP contribution >= 0.6 is 0 Å². The molecule has 0 aliphatic rings. The second kappa shape index (κ2) is 109. The Morgan fingerprint density at radius 1 is 0.286 bits per heavy atom. The van der Waals surface area contributed by atoms with E-state index in [1.54, 1.807) is 0 Å². The second-order valence-electron chi connectivity index (χ2n) is 0. The van der Waals surface area contributed by atoms with Gasteiger partial charge < -0.3 is 21.9 Å². The molecule has 0 atom stereocenters. The molecule has 0 amide bonds. The van der Waals surface area contributed by atoms with Gasteiger partial charge in [0.25, 0.3) is 0 Å². The molecule has 0 spiro atoms. The maximum absolute atomic E-state index is 0. The molecule has 7 heavy (non-hydrogen) atoms. The Hall–Kier alpha value is 1.83. The molecule has 4 nitrogen and oxygen atoms in total. The van der Waals surface area contributed by atoms with Crippen molar-refractivity contribution in [2.75, 3.05) is 0 Å². The summed E-state index contributed by atoms with van der Waals surface area (Å²) in [5, 5.41) is 0. The molecule has 0 fully saturated rings. The summed E-state index contributed by atoms with van der Waals surface area (Å²) in [6, 6.07) is 0. The van der Waals surface area contributed by atoms with E-state index < -0.39 is 0 Å². The first-order chi connectivity index (χ1) is 0. The van der Waals surface area contributed by atoms with Crippen LogP contribution in [0.2, 0.25) is 0 Å². The molecule has 0 saturated carbocycles. The SMILES string of the molecule is O.O.O.O.[Re].[Re].[Re]. The first kappa shape index (κ1) is 162. The van der Waals surface area contributed by atoms with Gasteiger partial charge in [-0.3, -0.25) is 0 Å². The first-order valence-electron chi connectivity index (χ1n) is 0. The molecular formula is H8O4Re3. The van der Waals surface area contributed by atoms with Gasteiger partial charge in [-0.1, -0.05) is 0 Å². The number of hydrogen-bond donors (Lipinski definition) is 0. The van der Waals surface area contributed by atoms with Gasteiger partial charge in [-0.15, -0.1) is 0 Å². The maximum Gasteiger partial charge on any atom is 0 e. The number of hydrogen-bond acceptors (Lipinski definition) is 0. The fraction of sp³-hybridized carbons (Fsp3) is 0. The van der Waals surface area contributed by atoms with Gasteiger partial charge in [0, 0.05) is 61.3 Å². The summed E-state index contributed by atoms with van der Waals surface area (Å²) in [5.41, 5.74) is 0. The Labute approximate surface area is 82.6 Å². The topological polar surface area (TPSA) is 126 Å².